The monoisotopic (exact) mass is 472 g/mol. The number of aryl methyl sites for hydroxylation is 1. The maximum atomic E-state index is 13.2. The SMILES string of the molecule is Cc1ccc2nc(COc3ccc(C(=O)N4CCCN(Cc5ccc(F)cc5)CC4)cc3)cn2c1. The molecule has 180 valence electrons. The molecule has 5 rings (SSSR count). The third-order valence-corrected chi connectivity index (χ3v) is 6.33. The zero-order chi connectivity index (χ0) is 24.2. The number of fused-ring (bicyclic) bond motifs is 1. The average molecular weight is 473 g/mol. The Bertz CT molecular complexity index is 1300. The Morgan fingerprint density at radius 2 is 1.74 bits per heavy atom. The van der Waals surface area contributed by atoms with Gasteiger partial charge in [0.15, 0.2) is 0 Å². The molecule has 1 fully saturated rings. The van der Waals surface area contributed by atoms with Crippen molar-refractivity contribution in [1.82, 2.24) is 19.2 Å². The number of carbonyl (C=O) groups is 1. The van der Waals surface area contributed by atoms with Crippen molar-refractivity contribution < 1.29 is 13.9 Å². The molecule has 1 aliphatic rings. The lowest BCUT2D eigenvalue weighted by Gasteiger charge is -2.22. The van der Waals surface area contributed by atoms with E-state index in [2.05, 4.69) is 9.88 Å². The molecular weight excluding hydrogens is 443 g/mol. The quantitative estimate of drug-likeness (QED) is 0.408. The lowest BCUT2D eigenvalue weighted by molar-refractivity contribution is 0.0761. The first-order chi connectivity index (χ1) is 17.0. The van der Waals surface area contributed by atoms with E-state index in [1.165, 1.54) is 17.7 Å². The molecule has 3 heterocycles. The maximum absolute atomic E-state index is 13.2. The smallest absolute Gasteiger partial charge is 0.253 e. The van der Waals surface area contributed by atoms with Gasteiger partial charge in [-0.15, -0.1) is 0 Å². The Hall–Kier alpha value is -3.71. The van der Waals surface area contributed by atoms with Crippen LogP contribution in [0.15, 0.2) is 73.1 Å². The zero-order valence-corrected chi connectivity index (χ0v) is 19.9. The van der Waals surface area contributed by atoms with Gasteiger partial charge >= 0.3 is 0 Å². The van der Waals surface area contributed by atoms with Gasteiger partial charge < -0.3 is 14.0 Å². The minimum Gasteiger partial charge on any atom is -0.487 e. The summed E-state index contributed by atoms with van der Waals surface area (Å²) in [6.45, 7) is 6.29. The number of hydrogen-bond acceptors (Lipinski definition) is 4. The number of pyridine rings is 1. The van der Waals surface area contributed by atoms with Crippen LogP contribution >= 0.6 is 0 Å². The van der Waals surface area contributed by atoms with Crippen molar-refractivity contribution in [2.75, 3.05) is 26.2 Å². The van der Waals surface area contributed by atoms with E-state index in [9.17, 15) is 9.18 Å². The second kappa shape index (κ2) is 10.3. The van der Waals surface area contributed by atoms with Crippen molar-refractivity contribution in [2.45, 2.75) is 26.5 Å². The van der Waals surface area contributed by atoms with Crippen molar-refractivity contribution in [3.05, 3.63) is 101 Å². The van der Waals surface area contributed by atoms with Gasteiger partial charge in [0, 0.05) is 50.7 Å². The molecule has 0 spiro atoms. The van der Waals surface area contributed by atoms with Crippen LogP contribution in [-0.4, -0.2) is 51.3 Å². The topological polar surface area (TPSA) is 50.1 Å². The highest BCUT2D eigenvalue weighted by molar-refractivity contribution is 5.94. The lowest BCUT2D eigenvalue weighted by atomic mass is 10.2. The lowest BCUT2D eigenvalue weighted by Crippen LogP contribution is -2.35. The Balaban J connectivity index is 1.15. The number of hydrogen-bond donors (Lipinski definition) is 0. The second-order valence-electron chi connectivity index (χ2n) is 9.07. The number of benzene rings is 2. The van der Waals surface area contributed by atoms with E-state index >= 15 is 0 Å². The maximum Gasteiger partial charge on any atom is 0.253 e. The molecule has 0 N–H and O–H groups in total. The third-order valence-electron chi connectivity index (χ3n) is 6.33. The summed E-state index contributed by atoms with van der Waals surface area (Å²) < 4.78 is 21.1. The Labute approximate surface area is 204 Å². The number of rotatable bonds is 6. The fourth-order valence-corrected chi connectivity index (χ4v) is 4.44. The number of ether oxygens (including phenoxy) is 1. The number of halogens is 1. The van der Waals surface area contributed by atoms with E-state index in [4.69, 9.17) is 4.74 Å². The molecule has 7 heteroatoms. The van der Waals surface area contributed by atoms with Gasteiger partial charge in [-0.2, -0.15) is 0 Å². The first kappa shape index (κ1) is 23.1. The molecule has 1 aliphatic heterocycles. The number of carbonyl (C=O) groups excluding carboxylic acids is 1. The Morgan fingerprint density at radius 1 is 0.943 bits per heavy atom. The molecule has 0 aliphatic carbocycles. The van der Waals surface area contributed by atoms with Crippen LogP contribution in [0, 0.1) is 12.7 Å². The summed E-state index contributed by atoms with van der Waals surface area (Å²) in [4.78, 5) is 21.9. The summed E-state index contributed by atoms with van der Waals surface area (Å²) in [6.07, 6.45) is 4.92. The van der Waals surface area contributed by atoms with Gasteiger partial charge in [0.1, 0.15) is 23.8 Å². The minimum atomic E-state index is -0.219. The summed E-state index contributed by atoms with van der Waals surface area (Å²) in [6, 6.07) is 18.0. The summed E-state index contributed by atoms with van der Waals surface area (Å²) in [5.74, 6) is 0.523. The molecule has 0 saturated carbocycles. The molecular formula is C28H29FN4O2. The number of nitrogens with zero attached hydrogens (tertiary/aromatic N) is 4. The molecule has 0 atom stereocenters. The van der Waals surface area contributed by atoms with Crippen molar-refractivity contribution in [3.63, 3.8) is 0 Å². The van der Waals surface area contributed by atoms with Crippen molar-refractivity contribution in [2.24, 2.45) is 0 Å². The molecule has 0 unspecified atom stereocenters. The van der Waals surface area contributed by atoms with Crippen molar-refractivity contribution in [1.29, 1.82) is 0 Å². The average Bonchev–Trinajstić information content (AvgIpc) is 3.13. The molecule has 2 aromatic carbocycles. The highest BCUT2D eigenvalue weighted by Crippen LogP contribution is 2.18. The number of aromatic nitrogens is 2. The first-order valence-corrected chi connectivity index (χ1v) is 12.0. The van der Waals surface area contributed by atoms with E-state index in [0.717, 1.165) is 49.5 Å². The normalized spacial score (nSPS) is 14.7. The minimum absolute atomic E-state index is 0.0379. The van der Waals surface area contributed by atoms with Gasteiger partial charge in [-0.25, -0.2) is 9.37 Å². The second-order valence-corrected chi connectivity index (χ2v) is 9.07. The summed E-state index contributed by atoms with van der Waals surface area (Å²) in [5, 5.41) is 0. The van der Waals surface area contributed by atoms with E-state index in [-0.39, 0.29) is 11.7 Å². The fraction of sp³-hybridized carbons (Fsp3) is 0.286. The molecule has 6 nitrogen and oxygen atoms in total. The van der Waals surface area contributed by atoms with Gasteiger partial charge in [0.25, 0.3) is 5.91 Å². The molecule has 35 heavy (non-hydrogen) atoms. The predicted octanol–water partition coefficient (Wildman–Crippen LogP) is 4.71. The van der Waals surface area contributed by atoms with Gasteiger partial charge in [-0.3, -0.25) is 9.69 Å². The van der Waals surface area contributed by atoms with Crippen LogP contribution in [0.1, 0.15) is 33.6 Å². The largest absolute Gasteiger partial charge is 0.487 e. The number of imidazole rings is 1. The summed E-state index contributed by atoms with van der Waals surface area (Å²) in [7, 11) is 0. The highest BCUT2D eigenvalue weighted by atomic mass is 19.1. The molecule has 2 aromatic heterocycles. The molecule has 4 aromatic rings. The summed E-state index contributed by atoms with van der Waals surface area (Å²) >= 11 is 0. The van der Waals surface area contributed by atoms with Gasteiger partial charge in [-0.05, 0) is 66.9 Å². The standard InChI is InChI=1S/C28H29FN4O2/c1-21-3-12-27-30-25(19-33(27)17-21)20-35-26-10-6-23(7-11-26)28(34)32-14-2-13-31(15-16-32)18-22-4-8-24(29)9-5-22/h3-12,17,19H,2,13-16,18,20H2,1H3. The first-order valence-electron chi connectivity index (χ1n) is 12.0. The van der Waals surface area contributed by atoms with Crippen LogP contribution in [0.5, 0.6) is 5.75 Å². The fourth-order valence-electron chi connectivity index (χ4n) is 4.44. The van der Waals surface area contributed by atoms with Crippen LogP contribution in [0.25, 0.3) is 5.65 Å². The van der Waals surface area contributed by atoms with E-state index in [1.807, 2.05) is 77.1 Å². The Morgan fingerprint density at radius 3 is 2.54 bits per heavy atom. The van der Waals surface area contributed by atoms with Gasteiger partial charge in [-0.1, -0.05) is 18.2 Å². The Kier molecular flexibility index (Phi) is 6.77. The molecule has 1 amide bonds. The van der Waals surface area contributed by atoms with Gasteiger partial charge in [0.2, 0.25) is 0 Å². The van der Waals surface area contributed by atoms with Gasteiger partial charge in [0.05, 0.1) is 5.69 Å². The van der Waals surface area contributed by atoms with Crippen LogP contribution in [-0.2, 0) is 13.2 Å². The van der Waals surface area contributed by atoms with Crippen molar-refractivity contribution >= 4 is 11.6 Å². The molecule has 1 saturated heterocycles. The zero-order valence-electron chi connectivity index (χ0n) is 19.9. The van der Waals surface area contributed by atoms with Crippen LogP contribution < -0.4 is 4.74 Å². The highest BCUT2D eigenvalue weighted by Gasteiger charge is 2.20. The van der Waals surface area contributed by atoms with Crippen LogP contribution in [0.4, 0.5) is 4.39 Å². The van der Waals surface area contributed by atoms with Crippen LogP contribution in [0.2, 0.25) is 0 Å². The van der Waals surface area contributed by atoms with E-state index in [0.29, 0.717) is 24.5 Å². The third kappa shape index (κ3) is 5.69. The predicted molar refractivity (Wildman–Crippen MR) is 133 cm³/mol. The van der Waals surface area contributed by atoms with Crippen LogP contribution in [0.3, 0.4) is 0 Å². The summed E-state index contributed by atoms with van der Waals surface area (Å²) in [5.41, 5.74) is 4.66. The molecule has 0 bridgehead atoms. The van der Waals surface area contributed by atoms with E-state index in [1.54, 1.807) is 0 Å². The van der Waals surface area contributed by atoms with E-state index < -0.39 is 0 Å². The molecule has 0 radical (unpaired) electrons. The van der Waals surface area contributed by atoms with Crippen molar-refractivity contribution in [3.8, 4) is 5.75 Å². The number of amides is 1.